The molecule has 0 saturated heterocycles. The number of aryl methyl sites for hydroxylation is 4. The van der Waals surface area contributed by atoms with Crippen LogP contribution in [0.25, 0.3) is 0 Å². The van der Waals surface area contributed by atoms with E-state index in [1.807, 2.05) is 50.2 Å². The maximum Gasteiger partial charge on any atom is 0.263 e. The van der Waals surface area contributed by atoms with Crippen molar-refractivity contribution in [3.05, 3.63) is 74.9 Å². The zero-order valence-corrected chi connectivity index (χ0v) is 18.1. The zero-order valence-electron chi connectivity index (χ0n) is 15.7. The summed E-state index contributed by atoms with van der Waals surface area (Å²) in [5.41, 5.74) is 4.76. The molecule has 1 N–H and O–H groups in total. The minimum Gasteiger partial charge on any atom is -0.265 e. The predicted octanol–water partition coefficient (Wildman–Crippen LogP) is 4.73. The van der Waals surface area contributed by atoms with Crippen molar-refractivity contribution in [3.63, 3.8) is 0 Å². The van der Waals surface area contributed by atoms with E-state index in [9.17, 15) is 8.42 Å². The van der Waals surface area contributed by atoms with Crippen molar-refractivity contribution >= 4 is 31.8 Å². The number of rotatable bonds is 5. The molecule has 0 fully saturated rings. The molecule has 0 bridgehead atoms. The maximum atomic E-state index is 12.9. The van der Waals surface area contributed by atoms with Gasteiger partial charge in [-0.3, -0.25) is 9.40 Å². The zero-order chi connectivity index (χ0) is 19.8. The Kier molecular flexibility index (Phi) is 5.44. The number of nitrogens with one attached hydrogen (secondary N) is 1. The van der Waals surface area contributed by atoms with Crippen molar-refractivity contribution in [2.75, 3.05) is 4.72 Å². The third kappa shape index (κ3) is 4.42. The molecule has 0 unspecified atom stereocenters. The molecule has 0 radical (unpaired) electrons. The largest absolute Gasteiger partial charge is 0.265 e. The summed E-state index contributed by atoms with van der Waals surface area (Å²) in [7, 11) is -3.73. The maximum absolute atomic E-state index is 12.9. The molecule has 142 valence electrons. The van der Waals surface area contributed by atoms with Gasteiger partial charge in [-0.15, -0.1) is 0 Å². The highest BCUT2D eigenvalue weighted by molar-refractivity contribution is 9.10. The molecule has 3 aromatic rings. The smallest absolute Gasteiger partial charge is 0.263 e. The van der Waals surface area contributed by atoms with E-state index in [1.165, 1.54) is 5.56 Å². The Morgan fingerprint density at radius 1 is 1.00 bits per heavy atom. The van der Waals surface area contributed by atoms with Gasteiger partial charge in [-0.2, -0.15) is 5.10 Å². The van der Waals surface area contributed by atoms with Crippen LogP contribution >= 0.6 is 15.9 Å². The molecule has 0 atom stereocenters. The van der Waals surface area contributed by atoms with Crippen LogP contribution in [-0.4, -0.2) is 18.2 Å². The molecule has 0 aliphatic rings. The van der Waals surface area contributed by atoms with Gasteiger partial charge in [0.25, 0.3) is 10.0 Å². The van der Waals surface area contributed by atoms with Crippen LogP contribution in [0.4, 0.5) is 5.82 Å². The fourth-order valence-electron chi connectivity index (χ4n) is 3.20. The second kappa shape index (κ2) is 7.48. The SMILES string of the molecule is Cc1ccc(Cn2cc(Br)c(NS(=O)(=O)c3c(C)cc(C)cc3C)n2)cc1. The highest BCUT2D eigenvalue weighted by Crippen LogP contribution is 2.27. The van der Waals surface area contributed by atoms with E-state index >= 15 is 0 Å². The van der Waals surface area contributed by atoms with Crippen LogP contribution in [0.2, 0.25) is 0 Å². The molecule has 7 heteroatoms. The van der Waals surface area contributed by atoms with E-state index in [1.54, 1.807) is 24.7 Å². The van der Waals surface area contributed by atoms with Crippen LogP contribution in [0.1, 0.15) is 27.8 Å². The highest BCUT2D eigenvalue weighted by atomic mass is 79.9. The number of aromatic nitrogens is 2. The van der Waals surface area contributed by atoms with Gasteiger partial charge in [-0.1, -0.05) is 47.5 Å². The number of benzene rings is 2. The molecular weight excluding hydrogens is 426 g/mol. The van der Waals surface area contributed by atoms with Gasteiger partial charge in [-0.25, -0.2) is 8.42 Å². The molecule has 5 nitrogen and oxygen atoms in total. The monoisotopic (exact) mass is 447 g/mol. The topological polar surface area (TPSA) is 64.0 Å². The third-order valence-corrected chi connectivity index (χ3v) is 6.51. The molecule has 0 aliphatic heterocycles. The molecule has 0 spiro atoms. The van der Waals surface area contributed by atoms with E-state index in [0.717, 1.165) is 22.3 Å². The van der Waals surface area contributed by atoms with Crippen molar-refractivity contribution in [1.29, 1.82) is 0 Å². The number of nitrogens with zero attached hydrogens (tertiary/aromatic N) is 2. The number of anilines is 1. The Morgan fingerprint density at radius 3 is 2.19 bits per heavy atom. The average molecular weight is 448 g/mol. The van der Waals surface area contributed by atoms with E-state index in [2.05, 4.69) is 25.8 Å². The van der Waals surface area contributed by atoms with Gasteiger partial charge in [0.2, 0.25) is 0 Å². The average Bonchev–Trinajstić information content (AvgIpc) is 2.87. The number of hydrogen-bond donors (Lipinski definition) is 1. The fraction of sp³-hybridized carbons (Fsp3) is 0.250. The molecule has 2 aromatic carbocycles. The first-order chi connectivity index (χ1) is 12.7. The van der Waals surface area contributed by atoms with Crippen LogP contribution in [0, 0.1) is 27.7 Å². The summed E-state index contributed by atoms with van der Waals surface area (Å²) < 4.78 is 30.8. The van der Waals surface area contributed by atoms with E-state index < -0.39 is 10.0 Å². The Bertz CT molecular complexity index is 1060. The first-order valence-corrected chi connectivity index (χ1v) is 10.8. The Morgan fingerprint density at radius 2 is 1.59 bits per heavy atom. The second-order valence-corrected chi connectivity index (χ2v) is 9.32. The summed E-state index contributed by atoms with van der Waals surface area (Å²) in [5, 5.41) is 4.39. The first-order valence-electron chi connectivity index (χ1n) is 8.55. The Hall–Kier alpha value is -2.12. The Labute approximate surface area is 168 Å². The van der Waals surface area contributed by atoms with Crippen LogP contribution in [0.15, 0.2) is 52.0 Å². The van der Waals surface area contributed by atoms with Gasteiger partial charge in [0, 0.05) is 6.20 Å². The lowest BCUT2D eigenvalue weighted by molar-refractivity contribution is 0.599. The van der Waals surface area contributed by atoms with Gasteiger partial charge in [0.05, 0.1) is 15.9 Å². The van der Waals surface area contributed by atoms with Crippen molar-refractivity contribution in [2.45, 2.75) is 39.1 Å². The van der Waals surface area contributed by atoms with Gasteiger partial charge < -0.3 is 0 Å². The van der Waals surface area contributed by atoms with Crippen molar-refractivity contribution in [2.24, 2.45) is 0 Å². The molecule has 27 heavy (non-hydrogen) atoms. The van der Waals surface area contributed by atoms with Gasteiger partial charge in [-0.05, 0) is 60.3 Å². The second-order valence-electron chi connectivity index (χ2n) is 6.84. The van der Waals surface area contributed by atoms with Crippen LogP contribution in [0.5, 0.6) is 0 Å². The minimum atomic E-state index is -3.73. The molecule has 0 saturated carbocycles. The summed E-state index contributed by atoms with van der Waals surface area (Å²) in [6, 6.07) is 11.9. The molecule has 1 aromatic heterocycles. The van der Waals surface area contributed by atoms with Crippen LogP contribution < -0.4 is 4.72 Å². The minimum absolute atomic E-state index is 0.279. The van der Waals surface area contributed by atoms with Crippen molar-refractivity contribution < 1.29 is 8.42 Å². The quantitative estimate of drug-likeness (QED) is 0.614. The molecule has 0 amide bonds. The summed E-state index contributed by atoms with van der Waals surface area (Å²) in [6.45, 7) is 8.16. The lowest BCUT2D eigenvalue weighted by atomic mass is 10.1. The standard InChI is InChI=1S/C20H22BrN3O2S/c1-13-5-7-17(8-6-13)11-24-12-18(21)20(22-24)23-27(25,26)19-15(3)9-14(2)10-16(19)4/h5-10,12H,11H2,1-4H3,(H,22,23). The van der Waals surface area contributed by atoms with Crippen LogP contribution in [-0.2, 0) is 16.6 Å². The van der Waals surface area contributed by atoms with E-state index in [-0.39, 0.29) is 5.82 Å². The van der Waals surface area contributed by atoms with Crippen LogP contribution in [0.3, 0.4) is 0 Å². The molecule has 1 heterocycles. The Balaban J connectivity index is 1.87. The lowest BCUT2D eigenvalue weighted by Gasteiger charge is -2.13. The summed E-state index contributed by atoms with van der Waals surface area (Å²) in [5.74, 6) is 0.279. The highest BCUT2D eigenvalue weighted by Gasteiger charge is 2.22. The van der Waals surface area contributed by atoms with Gasteiger partial charge in [0.15, 0.2) is 5.82 Å². The molecular formula is C20H22BrN3O2S. The van der Waals surface area contributed by atoms with Crippen molar-refractivity contribution in [3.8, 4) is 0 Å². The first kappa shape index (κ1) is 19.6. The third-order valence-electron chi connectivity index (χ3n) is 4.29. The van der Waals surface area contributed by atoms with E-state index in [4.69, 9.17) is 0 Å². The normalized spacial score (nSPS) is 11.6. The molecule has 3 rings (SSSR count). The predicted molar refractivity (Wildman–Crippen MR) is 112 cm³/mol. The number of hydrogen-bond acceptors (Lipinski definition) is 3. The van der Waals surface area contributed by atoms with Crippen molar-refractivity contribution in [1.82, 2.24) is 9.78 Å². The molecule has 0 aliphatic carbocycles. The number of halogens is 1. The number of sulfonamides is 1. The summed E-state index contributed by atoms with van der Waals surface area (Å²) >= 11 is 3.41. The van der Waals surface area contributed by atoms with Gasteiger partial charge >= 0.3 is 0 Å². The fourth-order valence-corrected chi connectivity index (χ4v) is 5.22. The van der Waals surface area contributed by atoms with E-state index in [0.29, 0.717) is 15.9 Å². The summed E-state index contributed by atoms with van der Waals surface area (Å²) in [6.07, 6.45) is 1.77. The van der Waals surface area contributed by atoms with Gasteiger partial charge in [0.1, 0.15) is 0 Å². The lowest BCUT2D eigenvalue weighted by Crippen LogP contribution is -2.17. The summed E-state index contributed by atoms with van der Waals surface area (Å²) in [4.78, 5) is 0.299.